The molecule has 0 amide bonds. The van der Waals surface area contributed by atoms with Crippen molar-refractivity contribution in [2.75, 3.05) is 0 Å². The summed E-state index contributed by atoms with van der Waals surface area (Å²) in [5.41, 5.74) is 0.214. The number of hydrogen-bond acceptors (Lipinski definition) is 4. The Kier molecular flexibility index (Phi) is 2.62. The molecular formula is C10H7ClN2O3. The highest BCUT2D eigenvalue weighted by atomic mass is 35.5. The van der Waals surface area contributed by atoms with Crippen LogP contribution in [-0.4, -0.2) is 21.3 Å². The molecule has 0 radical (unpaired) electrons. The van der Waals surface area contributed by atoms with E-state index in [9.17, 15) is 4.79 Å². The lowest BCUT2D eigenvalue weighted by Crippen LogP contribution is -2.03. The van der Waals surface area contributed by atoms with E-state index in [2.05, 4.69) is 10.2 Å². The molecule has 5 nitrogen and oxygen atoms in total. The summed E-state index contributed by atoms with van der Waals surface area (Å²) in [4.78, 5) is 11.0. The molecule has 0 atom stereocenters. The van der Waals surface area contributed by atoms with Crippen LogP contribution in [0.4, 0.5) is 0 Å². The molecule has 16 heavy (non-hydrogen) atoms. The summed E-state index contributed by atoms with van der Waals surface area (Å²) < 4.78 is 5.33. The van der Waals surface area contributed by atoms with E-state index in [-0.39, 0.29) is 10.7 Å². The normalized spacial score (nSPS) is 10.4. The van der Waals surface area contributed by atoms with Crippen LogP contribution in [0.25, 0.3) is 11.3 Å². The Hall–Kier alpha value is -1.88. The highest BCUT2D eigenvalue weighted by Gasteiger charge is 2.19. The van der Waals surface area contributed by atoms with Gasteiger partial charge in [0.25, 0.3) is 0 Å². The van der Waals surface area contributed by atoms with Crippen molar-refractivity contribution in [1.29, 1.82) is 0 Å². The van der Waals surface area contributed by atoms with E-state index in [0.717, 1.165) is 0 Å². The predicted molar refractivity (Wildman–Crippen MR) is 56.4 cm³/mol. The van der Waals surface area contributed by atoms with E-state index in [1.54, 1.807) is 19.1 Å². The molecule has 2 aromatic heterocycles. The predicted octanol–water partition coefficient (Wildman–Crippen LogP) is 2.40. The van der Waals surface area contributed by atoms with Crippen molar-refractivity contribution in [3.8, 4) is 11.3 Å². The Labute approximate surface area is 95.7 Å². The lowest BCUT2D eigenvalue weighted by Gasteiger charge is -2.02. The minimum absolute atomic E-state index is 0.106. The van der Waals surface area contributed by atoms with Crippen molar-refractivity contribution in [3.63, 3.8) is 0 Å². The van der Waals surface area contributed by atoms with Crippen molar-refractivity contribution < 1.29 is 14.3 Å². The largest absolute Gasteiger partial charge is 0.478 e. The van der Waals surface area contributed by atoms with E-state index >= 15 is 0 Å². The van der Waals surface area contributed by atoms with E-state index in [1.807, 2.05) is 0 Å². The number of carbonyl (C=O) groups is 1. The Morgan fingerprint density at radius 3 is 2.81 bits per heavy atom. The minimum atomic E-state index is -1.16. The number of aryl methyl sites for hydroxylation is 1. The van der Waals surface area contributed by atoms with Gasteiger partial charge in [-0.05, 0) is 19.1 Å². The van der Waals surface area contributed by atoms with Crippen LogP contribution in [0.5, 0.6) is 0 Å². The van der Waals surface area contributed by atoms with Crippen molar-refractivity contribution in [1.82, 2.24) is 10.2 Å². The summed E-state index contributed by atoms with van der Waals surface area (Å²) in [6.45, 7) is 1.76. The second-order valence-corrected chi connectivity index (χ2v) is 3.50. The van der Waals surface area contributed by atoms with Crippen LogP contribution in [0.3, 0.4) is 0 Å². The number of aromatic carboxylic acids is 1. The Balaban J connectivity index is 2.65. The molecule has 0 saturated carbocycles. The summed E-state index contributed by atoms with van der Waals surface area (Å²) in [6.07, 6.45) is 1.31. The maximum atomic E-state index is 11.0. The van der Waals surface area contributed by atoms with Crippen LogP contribution in [0.2, 0.25) is 5.15 Å². The molecule has 0 fully saturated rings. The van der Waals surface area contributed by atoms with Crippen molar-refractivity contribution >= 4 is 17.6 Å². The van der Waals surface area contributed by atoms with Gasteiger partial charge in [-0.2, -0.15) is 5.10 Å². The van der Waals surface area contributed by atoms with Crippen molar-refractivity contribution in [2.45, 2.75) is 6.92 Å². The number of furan rings is 1. The van der Waals surface area contributed by atoms with Crippen LogP contribution in [0.15, 0.2) is 22.7 Å². The molecule has 0 spiro atoms. The Morgan fingerprint density at radius 2 is 2.25 bits per heavy atom. The first-order valence-corrected chi connectivity index (χ1v) is 4.78. The van der Waals surface area contributed by atoms with Crippen LogP contribution < -0.4 is 0 Å². The maximum Gasteiger partial charge on any atom is 0.339 e. The van der Waals surface area contributed by atoms with Crippen molar-refractivity contribution in [2.24, 2.45) is 0 Å². The standard InChI is InChI=1S/C10H7ClN2O3/c1-5-2-3-7(16-5)6-4-12-13-9(11)8(6)10(14)15/h2-4H,1H3,(H,14,15). The number of rotatable bonds is 2. The van der Waals surface area contributed by atoms with Gasteiger partial charge in [0, 0.05) is 0 Å². The first-order valence-electron chi connectivity index (χ1n) is 4.41. The molecule has 1 N–H and O–H groups in total. The fourth-order valence-corrected chi connectivity index (χ4v) is 1.56. The Morgan fingerprint density at radius 1 is 1.50 bits per heavy atom. The molecule has 0 aliphatic rings. The molecular weight excluding hydrogens is 232 g/mol. The molecule has 2 heterocycles. The number of hydrogen-bond donors (Lipinski definition) is 1. The third kappa shape index (κ3) is 1.77. The third-order valence-electron chi connectivity index (χ3n) is 2.03. The molecule has 0 saturated heterocycles. The zero-order valence-electron chi connectivity index (χ0n) is 8.27. The molecule has 2 aromatic rings. The van der Waals surface area contributed by atoms with Gasteiger partial charge in [-0.25, -0.2) is 4.79 Å². The highest BCUT2D eigenvalue weighted by molar-refractivity contribution is 6.32. The van der Waals surface area contributed by atoms with Gasteiger partial charge < -0.3 is 9.52 Å². The van der Waals surface area contributed by atoms with Crippen LogP contribution in [-0.2, 0) is 0 Å². The summed E-state index contributed by atoms with van der Waals surface area (Å²) >= 11 is 5.68. The molecule has 82 valence electrons. The maximum absolute atomic E-state index is 11.0. The number of aromatic nitrogens is 2. The van der Waals surface area contributed by atoms with Crippen LogP contribution in [0, 0.1) is 6.92 Å². The van der Waals surface area contributed by atoms with Gasteiger partial charge in [0.2, 0.25) is 0 Å². The quantitative estimate of drug-likeness (QED) is 0.869. The van der Waals surface area contributed by atoms with E-state index < -0.39 is 5.97 Å². The monoisotopic (exact) mass is 238 g/mol. The van der Waals surface area contributed by atoms with Gasteiger partial charge in [0.15, 0.2) is 5.15 Å². The Bertz CT molecular complexity index is 551. The summed E-state index contributed by atoms with van der Waals surface area (Å²) in [5.74, 6) is -0.0741. The third-order valence-corrected chi connectivity index (χ3v) is 2.29. The molecule has 0 unspecified atom stereocenters. The number of nitrogens with zero attached hydrogens (tertiary/aromatic N) is 2. The lowest BCUT2D eigenvalue weighted by molar-refractivity contribution is 0.0697. The van der Waals surface area contributed by atoms with Gasteiger partial charge >= 0.3 is 5.97 Å². The highest BCUT2D eigenvalue weighted by Crippen LogP contribution is 2.28. The lowest BCUT2D eigenvalue weighted by atomic mass is 10.1. The fourth-order valence-electron chi connectivity index (χ4n) is 1.33. The topological polar surface area (TPSA) is 76.2 Å². The first-order chi connectivity index (χ1) is 7.59. The molecule has 0 aromatic carbocycles. The first kappa shape index (κ1) is 10.6. The van der Waals surface area contributed by atoms with Crippen molar-refractivity contribution in [3.05, 3.63) is 34.8 Å². The molecule has 0 bridgehead atoms. The average molecular weight is 239 g/mol. The zero-order valence-corrected chi connectivity index (χ0v) is 9.02. The average Bonchev–Trinajstić information content (AvgIpc) is 2.63. The molecule has 6 heteroatoms. The smallest absolute Gasteiger partial charge is 0.339 e. The van der Waals surface area contributed by atoms with E-state index in [4.69, 9.17) is 21.1 Å². The van der Waals surface area contributed by atoms with Gasteiger partial charge in [0.05, 0.1) is 11.8 Å². The van der Waals surface area contributed by atoms with E-state index in [0.29, 0.717) is 17.1 Å². The SMILES string of the molecule is Cc1ccc(-c2cnnc(Cl)c2C(=O)O)o1. The summed E-state index contributed by atoms with van der Waals surface area (Å²) in [7, 11) is 0. The molecule has 0 aliphatic carbocycles. The van der Waals surface area contributed by atoms with Gasteiger partial charge in [-0.15, -0.1) is 5.10 Å². The van der Waals surface area contributed by atoms with Crippen LogP contribution >= 0.6 is 11.6 Å². The minimum Gasteiger partial charge on any atom is -0.478 e. The summed E-state index contributed by atoms with van der Waals surface area (Å²) in [5, 5.41) is 16.0. The molecule has 0 aliphatic heterocycles. The van der Waals surface area contributed by atoms with Gasteiger partial charge in [-0.3, -0.25) is 0 Å². The fraction of sp³-hybridized carbons (Fsp3) is 0.100. The second-order valence-electron chi connectivity index (χ2n) is 3.14. The van der Waals surface area contributed by atoms with Gasteiger partial charge in [0.1, 0.15) is 17.1 Å². The number of halogens is 1. The molecule has 2 rings (SSSR count). The van der Waals surface area contributed by atoms with E-state index in [1.165, 1.54) is 6.20 Å². The number of carboxylic acids is 1. The second kappa shape index (κ2) is 3.94. The summed E-state index contributed by atoms with van der Waals surface area (Å²) in [6, 6.07) is 3.39. The van der Waals surface area contributed by atoms with Gasteiger partial charge in [-0.1, -0.05) is 11.6 Å². The number of carboxylic acid groups (broad SMARTS) is 1. The zero-order chi connectivity index (χ0) is 11.7. The van der Waals surface area contributed by atoms with Crippen LogP contribution in [0.1, 0.15) is 16.1 Å².